The maximum Gasteiger partial charge on any atom is 0.251 e. The van der Waals surface area contributed by atoms with Crippen molar-refractivity contribution >= 4 is 33.5 Å². The summed E-state index contributed by atoms with van der Waals surface area (Å²) in [7, 11) is 0. The molecule has 148 valence electrons. The molecule has 0 aliphatic carbocycles. The van der Waals surface area contributed by atoms with Crippen LogP contribution in [0.25, 0.3) is 26.8 Å². The number of hydrogen-bond acceptors (Lipinski definition) is 5. The number of nitrogens with zero attached hydrogens (tertiary/aromatic N) is 3. The van der Waals surface area contributed by atoms with E-state index < -0.39 is 0 Å². The fourth-order valence-corrected chi connectivity index (χ4v) is 4.77. The average Bonchev–Trinajstić information content (AvgIpc) is 3.53. The largest absolute Gasteiger partial charge is 0.352 e. The van der Waals surface area contributed by atoms with Crippen LogP contribution in [0.5, 0.6) is 0 Å². The predicted octanol–water partition coefficient (Wildman–Crippen LogP) is 5.16. The smallest absolute Gasteiger partial charge is 0.251 e. The van der Waals surface area contributed by atoms with E-state index in [1.807, 2.05) is 69.9 Å². The molecular formula is C23H18N4OS2. The number of carbonyl (C=O) groups excluding carboxylic acids is 1. The van der Waals surface area contributed by atoms with Gasteiger partial charge in [-0.15, -0.1) is 27.8 Å². The van der Waals surface area contributed by atoms with E-state index in [4.69, 9.17) is 0 Å². The zero-order valence-corrected chi connectivity index (χ0v) is 17.6. The highest BCUT2D eigenvalue weighted by Gasteiger charge is 2.12. The minimum Gasteiger partial charge on any atom is -0.352 e. The van der Waals surface area contributed by atoms with Crippen molar-refractivity contribution in [3.8, 4) is 21.8 Å². The summed E-state index contributed by atoms with van der Waals surface area (Å²) in [5.41, 5.74) is 3.94. The molecule has 0 radical (unpaired) electrons. The second kappa shape index (κ2) is 8.22. The van der Waals surface area contributed by atoms with Crippen LogP contribution in [0.4, 0.5) is 0 Å². The molecule has 1 amide bonds. The van der Waals surface area contributed by atoms with E-state index in [1.54, 1.807) is 22.7 Å². The summed E-state index contributed by atoms with van der Waals surface area (Å²) in [5, 5.41) is 11.7. The van der Waals surface area contributed by atoms with Crippen LogP contribution in [0.2, 0.25) is 0 Å². The normalized spacial score (nSPS) is 11.1. The van der Waals surface area contributed by atoms with E-state index in [0.717, 1.165) is 32.5 Å². The molecule has 0 atom stereocenters. The molecule has 2 aromatic carbocycles. The second-order valence-corrected chi connectivity index (χ2v) is 8.57. The zero-order valence-electron chi connectivity index (χ0n) is 16.0. The fraction of sp³-hybridized carbons (Fsp3) is 0.0870. The molecule has 3 aromatic heterocycles. The number of amides is 1. The molecule has 0 saturated heterocycles. The number of rotatable bonds is 6. The average molecular weight is 431 g/mol. The lowest BCUT2D eigenvalue weighted by Crippen LogP contribution is -2.25. The molecule has 30 heavy (non-hydrogen) atoms. The number of carbonyl (C=O) groups is 1. The van der Waals surface area contributed by atoms with Crippen LogP contribution < -0.4 is 5.32 Å². The van der Waals surface area contributed by atoms with Crippen molar-refractivity contribution in [2.24, 2.45) is 0 Å². The van der Waals surface area contributed by atoms with E-state index >= 15 is 0 Å². The van der Waals surface area contributed by atoms with Gasteiger partial charge in [-0.1, -0.05) is 48.5 Å². The summed E-state index contributed by atoms with van der Waals surface area (Å²) in [6.45, 7) is 0.541. The Balaban J connectivity index is 1.22. The third-order valence-electron chi connectivity index (χ3n) is 4.81. The Kier molecular flexibility index (Phi) is 5.13. The summed E-state index contributed by atoms with van der Waals surface area (Å²) >= 11 is 3.20. The minimum atomic E-state index is -0.0704. The molecule has 3 heterocycles. The Labute approximate surface area is 181 Å². The van der Waals surface area contributed by atoms with Gasteiger partial charge in [0.2, 0.25) is 4.96 Å². The van der Waals surface area contributed by atoms with E-state index in [0.29, 0.717) is 18.5 Å². The number of fused-ring (bicyclic) bond motifs is 1. The molecular weight excluding hydrogens is 412 g/mol. The number of aromatic nitrogens is 3. The lowest BCUT2D eigenvalue weighted by Gasteiger charge is -2.06. The van der Waals surface area contributed by atoms with Gasteiger partial charge >= 0.3 is 0 Å². The Hall–Kier alpha value is -3.29. The van der Waals surface area contributed by atoms with Crippen LogP contribution in [0.15, 0.2) is 77.5 Å². The molecule has 0 bridgehead atoms. The number of hydrogen-bond donors (Lipinski definition) is 1. The summed E-state index contributed by atoms with van der Waals surface area (Å²) in [6.07, 6.45) is 0.696. The maximum absolute atomic E-state index is 12.5. The lowest BCUT2D eigenvalue weighted by atomic mass is 10.0. The predicted molar refractivity (Wildman–Crippen MR) is 122 cm³/mol. The van der Waals surface area contributed by atoms with E-state index in [2.05, 4.69) is 27.5 Å². The van der Waals surface area contributed by atoms with Crippen molar-refractivity contribution in [3.63, 3.8) is 0 Å². The lowest BCUT2D eigenvalue weighted by molar-refractivity contribution is 0.0954. The molecule has 0 unspecified atom stereocenters. The first kappa shape index (κ1) is 18.7. The van der Waals surface area contributed by atoms with Gasteiger partial charge in [-0.25, -0.2) is 4.52 Å². The van der Waals surface area contributed by atoms with Gasteiger partial charge in [-0.2, -0.15) is 4.98 Å². The number of thiazole rings is 1. The van der Waals surface area contributed by atoms with Gasteiger partial charge < -0.3 is 5.32 Å². The number of nitrogens with one attached hydrogen (secondary N) is 1. The zero-order chi connectivity index (χ0) is 20.3. The van der Waals surface area contributed by atoms with E-state index in [1.165, 1.54) is 0 Å². The summed E-state index contributed by atoms with van der Waals surface area (Å²) in [6, 6.07) is 21.8. The third kappa shape index (κ3) is 3.77. The van der Waals surface area contributed by atoms with Crippen molar-refractivity contribution in [1.29, 1.82) is 0 Å². The van der Waals surface area contributed by atoms with E-state index in [9.17, 15) is 4.79 Å². The first-order chi connectivity index (χ1) is 14.8. The van der Waals surface area contributed by atoms with Crippen LogP contribution in [0.1, 0.15) is 16.1 Å². The van der Waals surface area contributed by atoms with Crippen LogP contribution in [-0.2, 0) is 6.42 Å². The van der Waals surface area contributed by atoms with E-state index in [-0.39, 0.29) is 5.91 Å². The fourth-order valence-electron chi connectivity index (χ4n) is 3.26. The maximum atomic E-state index is 12.5. The molecule has 5 nitrogen and oxygen atoms in total. The van der Waals surface area contributed by atoms with Gasteiger partial charge in [0.1, 0.15) is 0 Å². The Morgan fingerprint density at radius 3 is 2.50 bits per heavy atom. The minimum absolute atomic E-state index is 0.0704. The molecule has 0 saturated carbocycles. The highest BCUT2D eigenvalue weighted by atomic mass is 32.1. The van der Waals surface area contributed by atoms with Crippen LogP contribution >= 0.6 is 22.7 Å². The van der Waals surface area contributed by atoms with Crippen molar-refractivity contribution in [2.45, 2.75) is 6.42 Å². The molecule has 0 aliphatic rings. The highest BCUT2D eigenvalue weighted by molar-refractivity contribution is 7.15. The number of thiophene rings is 1. The second-order valence-electron chi connectivity index (χ2n) is 6.78. The summed E-state index contributed by atoms with van der Waals surface area (Å²) < 4.78 is 1.88. The quantitative estimate of drug-likeness (QED) is 0.405. The van der Waals surface area contributed by atoms with Crippen molar-refractivity contribution in [1.82, 2.24) is 19.9 Å². The molecule has 5 rings (SSSR count). The Morgan fingerprint density at radius 2 is 1.73 bits per heavy atom. The monoisotopic (exact) mass is 430 g/mol. The van der Waals surface area contributed by atoms with Crippen molar-refractivity contribution in [3.05, 3.63) is 88.7 Å². The van der Waals surface area contributed by atoms with Gasteiger partial charge in [0, 0.05) is 23.9 Å². The van der Waals surface area contributed by atoms with Gasteiger partial charge in [0.05, 0.1) is 10.6 Å². The molecule has 5 aromatic rings. The highest BCUT2D eigenvalue weighted by Crippen LogP contribution is 2.24. The third-order valence-corrected chi connectivity index (χ3v) is 6.54. The Bertz CT molecular complexity index is 1270. The first-order valence-corrected chi connectivity index (χ1v) is 11.3. The van der Waals surface area contributed by atoms with Gasteiger partial charge in [0.25, 0.3) is 5.91 Å². The van der Waals surface area contributed by atoms with Gasteiger partial charge in [-0.05, 0) is 34.7 Å². The van der Waals surface area contributed by atoms with Crippen LogP contribution in [0.3, 0.4) is 0 Å². The molecule has 0 fully saturated rings. The van der Waals surface area contributed by atoms with Gasteiger partial charge in [0.15, 0.2) is 5.82 Å². The molecule has 7 heteroatoms. The summed E-state index contributed by atoms with van der Waals surface area (Å²) in [5.74, 6) is 0.680. The SMILES string of the molecule is O=C(NCCc1csc2nc(-c3cccs3)nn12)c1ccc(-c2ccccc2)cc1. The molecule has 0 spiro atoms. The Morgan fingerprint density at radius 1 is 0.933 bits per heavy atom. The van der Waals surface area contributed by atoms with Crippen molar-refractivity contribution < 1.29 is 4.79 Å². The van der Waals surface area contributed by atoms with Crippen molar-refractivity contribution in [2.75, 3.05) is 6.54 Å². The van der Waals surface area contributed by atoms with Crippen LogP contribution in [-0.4, -0.2) is 27.0 Å². The van der Waals surface area contributed by atoms with Crippen LogP contribution in [0, 0.1) is 0 Å². The molecule has 1 N–H and O–H groups in total. The number of benzene rings is 2. The van der Waals surface area contributed by atoms with Gasteiger partial charge in [-0.3, -0.25) is 4.79 Å². The summed E-state index contributed by atoms with van der Waals surface area (Å²) in [4.78, 5) is 19.0. The first-order valence-electron chi connectivity index (χ1n) is 9.58. The molecule has 0 aliphatic heterocycles. The standard InChI is InChI=1S/C23H18N4OS2/c28-22(18-10-8-17(9-11-18)16-5-2-1-3-6-16)24-13-12-19-15-30-23-25-21(26-27(19)23)20-7-4-14-29-20/h1-11,14-15H,12-13H2,(H,24,28). The topological polar surface area (TPSA) is 59.3 Å².